The molecule has 0 amide bonds. The van der Waals surface area contributed by atoms with E-state index in [1.807, 2.05) is 0 Å². The summed E-state index contributed by atoms with van der Waals surface area (Å²) in [6.07, 6.45) is 9.56. The van der Waals surface area contributed by atoms with Crippen LogP contribution in [0.25, 0.3) is 0 Å². The summed E-state index contributed by atoms with van der Waals surface area (Å²) in [6.45, 7) is 2.27. The van der Waals surface area contributed by atoms with Gasteiger partial charge in [-0.3, -0.25) is 0 Å². The van der Waals surface area contributed by atoms with Crippen LogP contribution in [0.2, 0.25) is 0 Å². The van der Waals surface area contributed by atoms with Gasteiger partial charge < -0.3 is 0 Å². The number of rotatable bonds is 6. The second-order valence-electron chi connectivity index (χ2n) is 4.83. The Morgan fingerprint density at radius 1 is 1.00 bits per heavy atom. The third kappa shape index (κ3) is 3.37. The highest BCUT2D eigenvalue weighted by Gasteiger charge is 2.22. The van der Waals surface area contributed by atoms with E-state index in [2.05, 4.69) is 31.2 Å². The molecule has 0 aliphatic heterocycles. The molecule has 1 aliphatic rings. The Hall–Kier alpha value is -0.780. The fraction of sp³-hybridized carbons (Fsp3) is 0.600. The Morgan fingerprint density at radius 3 is 2.33 bits per heavy atom. The summed E-state index contributed by atoms with van der Waals surface area (Å²) >= 11 is 0. The van der Waals surface area contributed by atoms with Crippen molar-refractivity contribution in [3.05, 3.63) is 35.4 Å². The smallest absolute Gasteiger partial charge is 0.0162 e. The molecule has 1 fully saturated rings. The van der Waals surface area contributed by atoms with Crippen molar-refractivity contribution in [3.8, 4) is 0 Å². The maximum atomic E-state index is 2.34. The molecule has 0 aromatic heterocycles. The quantitative estimate of drug-likeness (QED) is 0.587. The van der Waals surface area contributed by atoms with Gasteiger partial charge in [-0.2, -0.15) is 0 Å². The van der Waals surface area contributed by atoms with Gasteiger partial charge in [-0.1, -0.05) is 50.5 Å². The average molecular weight is 202 g/mol. The molecule has 0 N–H and O–H groups in total. The molecule has 1 saturated carbocycles. The maximum absolute atomic E-state index is 2.34. The highest BCUT2D eigenvalue weighted by atomic mass is 14.3. The molecule has 0 radical (unpaired) electrons. The Bertz CT molecular complexity index is 279. The SMILES string of the molecule is CCCCCCc1ccc(C2CC2)cc1. The minimum absolute atomic E-state index is 0.902. The largest absolute Gasteiger partial charge is 0.0654 e. The van der Waals surface area contributed by atoms with E-state index in [0.29, 0.717) is 0 Å². The second kappa shape index (κ2) is 5.34. The van der Waals surface area contributed by atoms with E-state index in [9.17, 15) is 0 Å². The van der Waals surface area contributed by atoms with Crippen molar-refractivity contribution in [2.75, 3.05) is 0 Å². The van der Waals surface area contributed by atoms with Crippen LogP contribution in [-0.2, 0) is 6.42 Å². The van der Waals surface area contributed by atoms with E-state index in [4.69, 9.17) is 0 Å². The highest BCUT2D eigenvalue weighted by Crippen LogP contribution is 2.39. The second-order valence-corrected chi connectivity index (χ2v) is 4.83. The molecular formula is C15H22. The lowest BCUT2D eigenvalue weighted by Crippen LogP contribution is -1.87. The number of hydrogen-bond acceptors (Lipinski definition) is 0. The van der Waals surface area contributed by atoms with Crippen LogP contribution in [0, 0.1) is 0 Å². The minimum Gasteiger partial charge on any atom is -0.0654 e. The van der Waals surface area contributed by atoms with Crippen molar-refractivity contribution in [2.24, 2.45) is 0 Å². The van der Waals surface area contributed by atoms with E-state index >= 15 is 0 Å². The first kappa shape index (κ1) is 10.7. The molecule has 0 heterocycles. The van der Waals surface area contributed by atoms with Gasteiger partial charge in [-0.15, -0.1) is 0 Å². The van der Waals surface area contributed by atoms with Gasteiger partial charge in [0.1, 0.15) is 0 Å². The Balaban J connectivity index is 1.76. The standard InChI is InChI=1S/C15H22/c1-2-3-4-5-6-13-7-9-14(10-8-13)15-11-12-15/h7-10,15H,2-6,11-12H2,1H3. The van der Waals surface area contributed by atoms with Gasteiger partial charge in [0.2, 0.25) is 0 Å². The van der Waals surface area contributed by atoms with Crippen molar-refractivity contribution >= 4 is 0 Å². The summed E-state index contributed by atoms with van der Waals surface area (Å²) in [6, 6.07) is 9.35. The van der Waals surface area contributed by atoms with Gasteiger partial charge in [0.15, 0.2) is 0 Å². The average Bonchev–Trinajstić information content (AvgIpc) is 3.09. The summed E-state index contributed by atoms with van der Waals surface area (Å²) < 4.78 is 0. The first-order valence-electron chi connectivity index (χ1n) is 6.49. The maximum Gasteiger partial charge on any atom is -0.0162 e. The number of unbranched alkanes of at least 4 members (excludes halogenated alkanes) is 3. The molecule has 0 bridgehead atoms. The van der Waals surface area contributed by atoms with Gasteiger partial charge in [0.25, 0.3) is 0 Å². The molecule has 0 saturated heterocycles. The summed E-state index contributed by atoms with van der Waals surface area (Å²) in [7, 11) is 0. The Labute approximate surface area is 93.7 Å². The lowest BCUT2D eigenvalue weighted by molar-refractivity contribution is 0.667. The van der Waals surface area contributed by atoms with E-state index in [1.165, 1.54) is 50.5 Å². The van der Waals surface area contributed by atoms with Gasteiger partial charge in [0.05, 0.1) is 0 Å². The van der Waals surface area contributed by atoms with Crippen LogP contribution in [0.4, 0.5) is 0 Å². The number of aryl methyl sites for hydroxylation is 1. The molecule has 0 heteroatoms. The van der Waals surface area contributed by atoms with Gasteiger partial charge in [0, 0.05) is 0 Å². The zero-order valence-electron chi connectivity index (χ0n) is 9.84. The van der Waals surface area contributed by atoms with Crippen molar-refractivity contribution in [2.45, 2.75) is 57.8 Å². The van der Waals surface area contributed by atoms with Gasteiger partial charge >= 0.3 is 0 Å². The van der Waals surface area contributed by atoms with Crippen molar-refractivity contribution in [1.29, 1.82) is 0 Å². The molecule has 15 heavy (non-hydrogen) atoms. The molecule has 1 aliphatic carbocycles. The summed E-state index contributed by atoms with van der Waals surface area (Å²) in [4.78, 5) is 0. The molecule has 1 aromatic rings. The molecule has 1 aromatic carbocycles. The topological polar surface area (TPSA) is 0 Å². The molecule has 0 atom stereocenters. The summed E-state index contributed by atoms with van der Waals surface area (Å²) in [5.41, 5.74) is 3.09. The third-order valence-electron chi connectivity index (χ3n) is 3.35. The lowest BCUT2D eigenvalue weighted by atomic mass is 10.0. The monoisotopic (exact) mass is 202 g/mol. The van der Waals surface area contributed by atoms with Crippen LogP contribution >= 0.6 is 0 Å². The Morgan fingerprint density at radius 2 is 1.73 bits per heavy atom. The van der Waals surface area contributed by atoms with Gasteiger partial charge in [-0.05, 0) is 42.7 Å². The predicted octanol–water partition coefficient (Wildman–Crippen LogP) is 4.69. The zero-order valence-corrected chi connectivity index (χ0v) is 9.84. The summed E-state index contributed by atoms with van der Waals surface area (Å²) in [5.74, 6) is 0.902. The number of benzene rings is 1. The van der Waals surface area contributed by atoms with Crippen LogP contribution in [-0.4, -0.2) is 0 Å². The van der Waals surface area contributed by atoms with Crippen LogP contribution in [0.1, 0.15) is 62.5 Å². The number of hydrogen-bond donors (Lipinski definition) is 0. The zero-order chi connectivity index (χ0) is 10.5. The third-order valence-corrected chi connectivity index (χ3v) is 3.35. The molecule has 82 valence electrons. The molecule has 0 spiro atoms. The molecular weight excluding hydrogens is 180 g/mol. The lowest BCUT2D eigenvalue weighted by Gasteiger charge is -2.03. The van der Waals surface area contributed by atoms with Crippen LogP contribution < -0.4 is 0 Å². The fourth-order valence-electron chi connectivity index (χ4n) is 2.13. The van der Waals surface area contributed by atoms with E-state index in [1.54, 1.807) is 5.56 Å². The Kier molecular flexibility index (Phi) is 3.82. The van der Waals surface area contributed by atoms with Crippen molar-refractivity contribution < 1.29 is 0 Å². The van der Waals surface area contributed by atoms with Crippen molar-refractivity contribution in [1.82, 2.24) is 0 Å². The first-order chi connectivity index (χ1) is 7.40. The molecule has 2 rings (SSSR count). The van der Waals surface area contributed by atoms with E-state index in [-0.39, 0.29) is 0 Å². The summed E-state index contributed by atoms with van der Waals surface area (Å²) in [5, 5.41) is 0. The predicted molar refractivity (Wildman–Crippen MR) is 66.3 cm³/mol. The highest BCUT2D eigenvalue weighted by molar-refractivity contribution is 5.28. The van der Waals surface area contributed by atoms with Gasteiger partial charge in [-0.25, -0.2) is 0 Å². The van der Waals surface area contributed by atoms with E-state index in [0.717, 1.165) is 5.92 Å². The molecule has 0 unspecified atom stereocenters. The van der Waals surface area contributed by atoms with Crippen LogP contribution in [0.5, 0.6) is 0 Å². The van der Waals surface area contributed by atoms with Crippen molar-refractivity contribution in [3.63, 3.8) is 0 Å². The first-order valence-corrected chi connectivity index (χ1v) is 6.49. The minimum atomic E-state index is 0.902. The van der Waals surface area contributed by atoms with Crippen LogP contribution in [0.3, 0.4) is 0 Å². The molecule has 0 nitrogen and oxygen atoms in total. The van der Waals surface area contributed by atoms with Crippen LogP contribution in [0.15, 0.2) is 24.3 Å². The fourth-order valence-corrected chi connectivity index (χ4v) is 2.13. The normalized spacial score (nSPS) is 15.5. The van der Waals surface area contributed by atoms with E-state index < -0.39 is 0 Å².